The highest BCUT2D eigenvalue weighted by atomic mass is 32.2. The first-order valence-corrected chi connectivity index (χ1v) is 12.8. The molecular weight excluding hydrogens is 422 g/mol. The first-order chi connectivity index (χ1) is 15.5. The maximum absolute atomic E-state index is 12.9. The summed E-state index contributed by atoms with van der Waals surface area (Å²) >= 11 is 0. The summed E-state index contributed by atoms with van der Waals surface area (Å²) in [5.74, 6) is 2.01. The number of hydrogen-bond donors (Lipinski definition) is 2. The maximum Gasteiger partial charge on any atom is 0.263 e. The van der Waals surface area contributed by atoms with Crippen LogP contribution in [0.1, 0.15) is 44.6 Å². The molecule has 2 aromatic heterocycles. The van der Waals surface area contributed by atoms with E-state index in [0.29, 0.717) is 29.6 Å². The van der Waals surface area contributed by atoms with Crippen LogP contribution in [0.4, 0.5) is 5.69 Å². The third-order valence-corrected chi connectivity index (χ3v) is 7.67. The lowest BCUT2D eigenvalue weighted by atomic mass is 9.81. The second-order valence-corrected chi connectivity index (χ2v) is 10.3. The summed E-state index contributed by atoms with van der Waals surface area (Å²) in [6.45, 7) is 3.87. The number of anilines is 1. The standard InChI is InChI=1S/C25H31N3O3S/c1-19(20-8-3-2-4-9-20)16-26-17-21-10-5-6-11-23(21)28-32(29,30)22-13-14-24(27-18-22)25-12-7-15-31-25/h5-7,10-15,18-20,26,28H,2-4,8-9,16-17H2,1H3. The zero-order chi connectivity index (χ0) is 22.4. The van der Waals surface area contributed by atoms with Gasteiger partial charge in [-0.3, -0.25) is 9.71 Å². The van der Waals surface area contributed by atoms with E-state index in [2.05, 4.69) is 21.9 Å². The fourth-order valence-corrected chi connectivity index (χ4v) is 5.44. The van der Waals surface area contributed by atoms with Gasteiger partial charge in [-0.25, -0.2) is 8.42 Å². The Morgan fingerprint density at radius 1 is 1.06 bits per heavy atom. The van der Waals surface area contributed by atoms with Gasteiger partial charge in [-0.1, -0.05) is 57.2 Å². The van der Waals surface area contributed by atoms with Crippen LogP contribution in [-0.4, -0.2) is 19.9 Å². The zero-order valence-corrected chi connectivity index (χ0v) is 19.3. The molecule has 0 radical (unpaired) electrons. The lowest BCUT2D eigenvalue weighted by Gasteiger charge is -2.28. The molecule has 0 bridgehead atoms. The average Bonchev–Trinajstić information content (AvgIpc) is 3.36. The monoisotopic (exact) mass is 453 g/mol. The van der Waals surface area contributed by atoms with Crippen LogP contribution >= 0.6 is 0 Å². The number of nitrogens with one attached hydrogen (secondary N) is 2. The number of para-hydroxylation sites is 1. The minimum Gasteiger partial charge on any atom is -0.463 e. The molecule has 7 heteroatoms. The van der Waals surface area contributed by atoms with Crippen LogP contribution in [0.15, 0.2) is 70.3 Å². The average molecular weight is 454 g/mol. The van der Waals surface area contributed by atoms with Crippen molar-refractivity contribution in [3.63, 3.8) is 0 Å². The largest absolute Gasteiger partial charge is 0.463 e. The predicted molar refractivity (Wildman–Crippen MR) is 127 cm³/mol. The van der Waals surface area contributed by atoms with E-state index in [1.807, 2.05) is 18.2 Å². The summed E-state index contributed by atoms with van der Waals surface area (Å²) in [6, 6.07) is 14.3. The Balaban J connectivity index is 1.39. The molecule has 0 saturated heterocycles. The van der Waals surface area contributed by atoms with E-state index in [1.54, 1.807) is 36.6 Å². The molecule has 1 aliphatic rings. The van der Waals surface area contributed by atoms with Crippen molar-refractivity contribution in [3.05, 3.63) is 66.6 Å². The van der Waals surface area contributed by atoms with Gasteiger partial charge in [0, 0.05) is 12.7 Å². The van der Waals surface area contributed by atoms with Crippen molar-refractivity contribution < 1.29 is 12.8 Å². The molecule has 4 rings (SSSR count). The van der Waals surface area contributed by atoms with Gasteiger partial charge < -0.3 is 9.73 Å². The topological polar surface area (TPSA) is 84.2 Å². The molecule has 1 aliphatic carbocycles. The lowest BCUT2D eigenvalue weighted by Crippen LogP contribution is -2.27. The third-order valence-electron chi connectivity index (χ3n) is 6.32. The first-order valence-electron chi connectivity index (χ1n) is 11.3. The van der Waals surface area contributed by atoms with Crippen LogP contribution in [0.2, 0.25) is 0 Å². The Bertz CT molecular complexity index is 1090. The normalized spacial score (nSPS) is 16.0. The second kappa shape index (κ2) is 10.3. The molecule has 1 unspecified atom stereocenters. The van der Waals surface area contributed by atoms with Gasteiger partial charge in [0.25, 0.3) is 10.0 Å². The highest BCUT2D eigenvalue weighted by Crippen LogP contribution is 2.29. The van der Waals surface area contributed by atoms with Gasteiger partial charge in [-0.2, -0.15) is 0 Å². The van der Waals surface area contributed by atoms with Crippen molar-refractivity contribution in [2.45, 2.75) is 50.5 Å². The molecular formula is C25H31N3O3S. The Morgan fingerprint density at radius 2 is 1.88 bits per heavy atom. The molecule has 0 aliphatic heterocycles. The fourth-order valence-electron chi connectivity index (χ4n) is 4.39. The van der Waals surface area contributed by atoms with E-state index in [0.717, 1.165) is 18.0 Å². The summed E-state index contributed by atoms with van der Waals surface area (Å²) in [5.41, 5.74) is 2.10. The van der Waals surface area contributed by atoms with Crippen LogP contribution in [0, 0.1) is 11.8 Å². The molecule has 1 fully saturated rings. The Hall–Kier alpha value is -2.64. The molecule has 1 aromatic carbocycles. The molecule has 1 saturated carbocycles. The van der Waals surface area contributed by atoms with E-state index < -0.39 is 10.0 Å². The first kappa shape index (κ1) is 22.6. The molecule has 3 aromatic rings. The molecule has 6 nitrogen and oxygen atoms in total. The van der Waals surface area contributed by atoms with Crippen molar-refractivity contribution in [2.75, 3.05) is 11.3 Å². The molecule has 2 heterocycles. The van der Waals surface area contributed by atoms with E-state index in [-0.39, 0.29) is 4.90 Å². The number of aromatic nitrogens is 1. The third kappa shape index (κ3) is 5.58. The summed E-state index contributed by atoms with van der Waals surface area (Å²) in [4.78, 5) is 4.35. The van der Waals surface area contributed by atoms with E-state index in [1.165, 1.54) is 38.3 Å². The maximum atomic E-state index is 12.9. The molecule has 0 spiro atoms. The van der Waals surface area contributed by atoms with Gasteiger partial charge >= 0.3 is 0 Å². The van der Waals surface area contributed by atoms with Crippen molar-refractivity contribution in [3.8, 4) is 11.5 Å². The Kier molecular flexibility index (Phi) is 7.27. The van der Waals surface area contributed by atoms with Crippen LogP contribution in [0.5, 0.6) is 0 Å². The fraction of sp³-hybridized carbons (Fsp3) is 0.400. The Labute approximate surface area is 190 Å². The summed E-state index contributed by atoms with van der Waals surface area (Å²) in [7, 11) is -3.75. The summed E-state index contributed by atoms with van der Waals surface area (Å²) < 4.78 is 33.9. The zero-order valence-electron chi connectivity index (χ0n) is 18.5. The number of hydrogen-bond acceptors (Lipinski definition) is 5. The Morgan fingerprint density at radius 3 is 2.59 bits per heavy atom. The molecule has 170 valence electrons. The number of rotatable bonds is 9. The van der Waals surface area contributed by atoms with Gasteiger partial charge in [0.1, 0.15) is 10.6 Å². The lowest BCUT2D eigenvalue weighted by molar-refractivity contribution is 0.256. The van der Waals surface area contributed by atoms with E-state index in [9.17, 15) is 8.42 Å². The SMILES string of the molecule is CC(CNCc1ccccc1NS(=O)(=O)c1ccc(-c2ccco2)nc1)C1CCCCC1. The van der Waals surface area contributed by atoms with Crippen molar-refractivity contribution in [2.24, 2.45) is 11.8 Å². The quantitative estimate of drug-likeness (QED) is 0.450. The molecule has 1 atom stereocenters. The van der Waals surface area contributed by atoms with E-state index >= 15 is 0 Å². The number of nitrogens with zero attached hydrogens (tertiary/aromatic N) is 1. The number of furan rings is 1. The van der Waals surface area contributed by atoms with Gasteiger partial charge in [-0.05, 0) is 54.3 Å². The summed E-state index contributed by atoms with van der Waals surface area (Å²) in [5, 5.41) is 3.53. The van der Waals surface area contributed by atoms with Gasteiger partial charge in [0.2, 0.25) is 0 Å². The predicted octanol–water partition coefficient (Wildman–Crippen LogP) is 5.45. The van der Waals surface area contributed by atoms with Crippen molar-refractivity contribution >= 4 is 15.7 Å². The number of sulfonamides is 1. The summed E-state index contributed by atoms with van der Waals surface area (Å²) in [6.07, 6.45) is 9.62. The van der Waals surface area contributed by atoms with Crippen LogP contribution in [-0.2, 0) is 16.6 Å². The molecule has 32 heavy (non-hydrogen) atoms. The van der Waals surface area contributed by atoms with Gasteiger partial charge in [-0.15, -0.1) is 0 Å². The smallest absolute Gasteiger partial charge is 0.263 e. The second-order valence-electron chi connectivity index (χ2n) is 8.63. The van der Waals surface area contributed by atoms with Crippen LogP contribution in [0.25, 0.3) is 11.5 Å². The van der Waals surface area contributed by atoms with E-state index in [4.69, 9.17) is 4.42 Å². The van der Waals surface area contributed by atoms with Gasteiger partial charge in [0.05, 0.1) is 12.0 Å². The number of benzene rings is 1. The molecule has 0 amide bonds. The highest BCUT2D eigenvalue weighted by molar-refractivity contribution is 7.92. The number of pyridine rings is 1. The van der Waals surface area contributed by atoms with Gasteiger partial charge in [0.15, 0.2) is 5.76 Å². The molecule has 2 N–H and O–H groups in total. The van der Waals surface area contributed by atoms with Crippen molar-refractivity contribution in [1.82, 2.24) is 10.3 Å². The van der Waals surface area contributed by atoms with Crippen LogP contribution in [0.3, 0.4) is 0 Å². The minimum atomic E-state index is -3.75. The minimum absolute atomic E-state index is 0.112. The van der Waals surface area contributed by atoms with Crippen LogP contribution < -0.4 is 10.0 Å². The highest BCUT2D eigenvalue weighted by Gasteiger charge is 2.20. The van der Waals surface area contributed by atoms with Crippen molar-refractivity contribution in [1.29, 1.82) is 0 Å².